The first kappa shape index (κ1) is 28.7. The topological polar surface area (TPSA) is 75.6 Å². The van der Waals surface area contributed by atoms with Crippen LogP contribution in [0.15, 0.2) is 58.4 Å². The number of benzene rings is 2. The van der Waals surface area contributed by atoms with Crippen molar-refractivity contribution in [2.75, 3.05) is 18.3 Å². The van der Waals surface area contributed by atoms with Crippen molar-refractivity contribution >= 4 is 56.4 Å². The Bertz CT molecular complexity index is 1000. The zero-order chi connectivity index (χ0) is 24.8. The number of halogens is 2. The third kappa shape index (κ3) is 9.20. The van der Waals surface area contributed by atoms with E-state index in [0.717, 1.165) is 27.2 Å². The SMILES string of the molecule is CC.CCCl.COc1ccc(CCC(=O)Nc2csc(-c3ccc(Br)cc3)c2C(=O)O)cc1. The van der Waals surface area contributed by atoms with Crippen LogP contribution in [0.25, 0.3) is 10.4 Å². The molecule has 0 aliphatic rings. The molecule has 3 aromatic rings. The molecule has 1 heterocycles. The summed E-state index contributed by atoms with van der Waals surface area (Å²) in [6.07, 6.45) is 0.816. The van der Waals surface area contributed by atoms with Gasteiger partial charge in [-0.2, -0.15) is 0 Å². The predicted octanol–water partition coefficient (Wildman–Crippen LogP) is 7.73. The standard InChI is InChI=1S/C21H18BrNO4S.C2H5Cl.C2H6/c1-27-16-9-2-13(3-10-16)4-11-18(24)23-17-12-28-20(19(17)21(25)26)14-5-7-15(22)8-6-14;1-2-3;1-2/h2-3,5-10,12H,4,11H2,1H3,(H,23,24)(H,25,26);2H2,1H3;1-2H3. The molecule has 0 unspecified atom stereocenters. The first-order chi connectivity index (χ1) is 15.9. The predicted molar refractivity (Wildman–Crippen MR) is 142 cm³/mol. The van der Waals surface area contributed by atoms with Crippen molar-refractivity contribution in [1.82, 2.24) is 0 Å². The van der Waals surface area contributed by atoms with Crippen LogP contribution in [0.3, 0.4) is 0 Å². The van der Waals surface area contributed by atoms with E-state index >= 15 is 0 Å². The maximum atomic E-state index is 12.3. The van der Waals surface area contributed by atoms with Gasteiger partial charge in [-0.15, -0.1) is 22.9 Å². The number of anilines is 1. The lowest BCUT2D eigenvalue weighted by Crippen LogP contribution is -2.14. The molecule has 0 saturated heterocycles. The van der Waals surface area contributed by atoms with E-state index in [1.807, 2.05) is 69.3 Å². The molecule has 0 aliphatic carbocycles. The minimum Gasteiger partial charge on any atom is -0.497 e. The molecule has 0 aliphatic heterocycles. The van der Waals surface area contributed by atoms with Gasteiger partial charge < -0.3 is 15.2 Å². The van der Waals surface area contributed by atoms with Gasteiger partial charge in [0.05, 0.1) is 17.7 Å². The van der Waals surface area contributed by atoms with Gasteiger partial charge in [0.2, 0.25) is 5.91 Å². The van der Waals surface area contributed by atoms with Gasteiger partial charge in [0.25, 0.3) is 0 Å². The second-order valence-corrected chi connectivity index (χ2v) is 8.66. The van der Waals surface area contributed by atoms with Crippen LogP contribution in [-0.2, 0) is 11.2 Å². The number of amides is 1. The van der Waals surface area contributed by atoms with E-state index in [-0.39, 0.29) is 17.9 Å². The van der Waals surface area contributed by atoms with E-state index in [9.17, 15) is 14.7 Å². The van der Waals surface area contributed by atoms with Crippen LogP contribution >= 0.6 is 38.9 Å². The molecule has 33 heavy (non-hydrogen) atoms. The maximum Gasteiger partial charge on any atom is 0.339 e. The zero-order valence-corrected chi connectivity index (χ0v) is 22.3. The van der Waals surface area contributed by atoms with Crippen molar-refractivity contribution in [3.8, 4) is 16.2 Å². The number of carboxylic acid groups (broad SMARTS) is 1. The Morgan fingerprint density at radius 3 is 2.18 bits per heavy atom. The normalized spacial score (nSPS) is 9.64. The Balaban J connectivity index is 0.00000101. The number of rotatable bonds is 7. The third-order valence-electron chi connectivity index (χ3n) is 4.19. The number of carbonyl (C=O) groups is 2. The van der Waals surface area contributed by atoms with Gasteiger partial charge in [-0.1, -0.05) is 61.0 Å². The summed E-state index contributed by atoms with van der Waals surface area (Å²) in [5.74, 6) is 0.196. The van der Waals surface area contributed by atoms with Gasteiger partial charge in [-0.25, -0.2) is 4.79 Å². The smallest absolute Gasteiger partial charge is 0.339 e. The minimum absolute atomic E-state index is 0.116. The summed E-state index contributed by atoms with van der Waals surface area (Å²) in [4.78, 5) is 24.8. The van der Waals surface area contributed by atoms with Gasteiger partial charge in [0, 0.05) is 22.2 Å². The Kier molecular flexibility index (Phi) is 13.5. The fraction of sp³-hybridized carbons (Fsp3) is 0.280. The molecule has 0 fully saturated rings. The summed E-state index contributed by atoms with van der Waals surface area (Å²) in [5, 5.41) is 14.1. The monoisotopic (exact) mass is 553 g/mol. The number of carbonyl (C=O) groups excluding carboxylic acids is 1. The van der Waals surface area contributed by atoms with Gasteiger partial charge in [0.1, 0.15) is 11.3 Å². The number of hydrogen-bond acceptors (Lipinski definition) is 4. The van der Waals surface area contributed by atoms with Crippen molar-refractivity contribution in [2.24, 2.45) is 0 Å². The number of thiophene rings is 1. The minimum atomic E-state index is -1.07. The highest BCUT2D eigenvalue weighted by Gasteiger charge is 2.21. The molecule has 1 aromatic heterocycles. The van der Waals surface area contributed by atoms with Crippen LogP contribution in [0.5, 0.6) is 5.75 Å². The molecule has 178 valence electrons. The molecule has 0 saturated carbocycles. The lowest BCUT2D eigenvalue weighted by Gasteiger charge is -2.07. The second-order valence-electron chi connectivity index (χ2n) is 6.33. The zero-order valence-electron chi connectivity index (χ0n) is 19.2. The summed E-state index contributed by atoms with van der Waals surface area (Å²) < 4.78 is 6.03. The molecule has 2 N–H and O–H groups in total. The summed E-state index contributed by atoms with van der Waals surface area (Å²) in [6, 6.07) is 14.9. The lowest BCUT2D eigenvalue weighted by molar-refractivity contribution is -0.116. The third-order valence-corrected chi connectivity index (χ3v) is 5.74. The van der Waals surface area contributed by atoms with Gasteiger partial charge >= 0.3 is 5.97 Å². The van der Waals surface area contributed by atoms with E-state index in [0.29, 0.717) is 17.0 Å². The van der Waals surface area contributed by atoms with E-state index in [1.54, 1.807) is 12.5 Å². The Morgan fingerprint density at radius 1 is 1.09 bits per heavy atom. The lowest BCUT2D eigenvalue weighted by atomic mass is 10.1. The van der Waals surface area contributed by atoms with Crippen LogP contribution in [0, 0.1) is 0 Å². The molecular formula is C25H29BrClNO4S. The van der Waals surface area contributed by atoms with Crippen LogP contribution in [0.4, 0.5) is 5.69 Å². The number of carboxylic acids is 1. The first-order valence-corrected chi connectivity index (χ1v) is 12.7. The number of aromatic carboxylic acids is 1. The Labute approximate surface area is 212 Å². The molecule has 3 rings (SSSR count). The van der Waals surface area contributed by atoms with Crippen molar-refractivity contribution in [2.45, 2.75) is 33.6 Å². The number of alkyl halides is 1. The summed E-state index contributed by atoms with van der Waals surface area (Å²) in [5.41, 5.74) is 2.25. The maximum absolute atomic E-state index is 12.3. The summed E-state index contributed by atoms with van der Waals surface area (Å²) >= 11 is 9.67. The second kappa shape index (κ2) is 15.5. The molecule has 0 atom stereocenters. The van der Waals surface area contributed by atoms with E-state index < -0.39 is 5.97 Å². The molecular weight excluding hydrogens is 526 g/mol. The van der Waals surface area contributed by atoms with Gasteiger partial charge in [0.15, 0.2) is 0 Å². The summed E-state index contributed by atoms with van der Waals surface area (Å²) in [6.45, 7) is 5.89. The van der Waals surface area contributed by atoms with Crippen LogP contribution in [-0.4, -0.2) is 30.0 Å². The average molecular weight is 555 g/mol. The van der Waals surface area contributed by atoms with Crippen LogP contribution in [0.2, 0.25) is 0 Å². The Hall–Kier alpha value is -2.35. The largest absolute Gasteiger partial charge is 0.497 e. The number of nitrogens with one attached hydrogen (secondary N) is 1. The highest BCUT2D eigenvalue weighted by molar-refractivity contribution is 9.10. The summed E-state index contributed by atoms with van der Waals surface area (Å²) in [7, 11) is 1.60. The highest BCUT2D eigenvalue weighted by Crippen LogP contribution is 2.36. The quantitative estimate of drug-likeness (QED) is 0.293. The van der Waals surface area contributed by atoms with Crippen molar-refractivity contribution in [1.29, 1.82) is 0 Å². The first-order valence-electron chi connectivity index (χ1n) is 10.5. The number of hydrogen-bond donors (Lipinski definition) is 2. The molecule has 0 bridgehead atoms. The highest BCUT2D eigenvalue weighted by atomic mass is 79.9. The average Bonchev–Trinajstić information content (AvgIpc) is 3.24. The molecule has 8 heteroatoms. The number of aryl methyl sites for hydroxylation is 1. The molecule has 2 aromatic carbocycles. The number of ether oxygens (including phenoxy) is 1. The van der Waals surface area contributed by atoms with Gasteiger partial charge in [-0.3, -0.25) is 4.79 Å². The fourth-order valence-electron chi connectivity index (χ4n) is 2.74. The van der Waals surface area contributed by atoms with Gasteiger partial charge in [-0.05, 0) is 41.8 Å². The van der Waals surface area contributed by atoms with Crippen molar-refractivity contribution in [3.05, 3.63) is 69.5 Å². The number of methoxy groups -OCH3 is 1. The van der Waals surface area contributed by atoms with Crippen LogP contribution in [0.1, 0.15) is 43.1 Å². The van der Waals surface area contributed by atoms with Crippen molar-refractivity contribution < 1.29 is 19.4 Å². The van der Waals surface area contributed by atoms with Crippen molar-refractivity contribution in [3.63, 3.8) is 0 Å². The van der Waals surface area contributed by atoms with E-state index in [2.05, 4.69) is 21.2 Å². The Morgan fingerprint density at radius 2 is 1.67 bits per heavy atom. The molecule has 5 nitrogen and oxygen atoms in total. The van der Waals surface area contributed by atoms with E-state index in [1.165, 1.54) is 11.3 Å². The van der Waals surface area contributed by atoms with E-state index in [4.69, 9.17) is 16.3 Å². The van der Waals surface area contributed by atoms with Crippen LogP contribution < -0.4 is 10.1 Å². The molecule has 1 amide bonds. The molecule has 0 spiro atoms. The molecule has 0 radical (unpaired) electrons. The fourth-order valence-corrected chi connectivity index (χ4v) is 4.00.